The van der Waals surface area contributed by atoms with Crippen LogP contribution in [0.25, 0.3) is 0 Å². The van der Waals surface area contributed by atoms with Crippen LogP contribution in [0, 0.1) is 29.5 Å². The standard InChI is InChI=1S/C11H9FN2/c1-2-3-6-14-10-4-5-11(12)9(7-10)8-13/h1,4-5,7,14H,3,6H2. The van der Waals surface area contributed by atoms with Gasteiger partial charge in [-0.1, -0.05) is 0 Å². The zero-order chi connectivity index (χ0) is 10.4. The molecule has 0 unspecified atom stereocenters. The predicted octanol–water partition coefficient (Wildman–Crippen LogP) is 2.13. The predicted molar refractivity (Wildman–Crippen MR) is 53.1 cm³/mol. The molecule has 0 radical (unpaired) electrons. The van der Waals surface area contributed by atoms with Crippen LogP contribution in [0.15, 0.2) is 18.2 Å². The van der Waals surface area contributed by atoms with Crippen molar-refractivity contribution in [2.45, 2.75) is 6.42 Å². The zero-order valence-electron chi connectivity index (χ0n) is 7.55. The van der Waals surface area contributed by atoms with E-state index in [-0.39, 0.29) is 5.56 Å². The average molecular weight is 188 g/mol. The van der Waals surface area contributed by atoms with E-state index < -0.39 is 5.82 Å². The van der Waals surface area contributed by atoms with Gasteiger partial charge in [-0.2, -0.15) is 5.26 Å². The number of benzene rings is 1. The lowest BCUT2D eigenvalue weighted by Crippen LogP contribution is -2.00. The molecule has 1 aromatic rings. The molecule has 3 heteroatoms. The zero-order valence-corrected chi connectivity index (χ0v) is 7.55. The largest absolute Gasteiger partial charge is 0.384 e. The molecule has 2 nitrogen and oxygen atoms in total. The Kier molecular flexibility index (Phi) is 3.52. The fraction of sp³-hybridized carbons (Fsp3) is 0.182. The summed E-state index contributed by atoms with van der Waals surface area (Å²) in [6, 6.07) is 6.07. The summed E-state index contributed by atoms with van der Waals surface area (Å²) in [5.74, 6) is 1.97. The van der Waals surface area contributed by atoms with Crippen molar-refractivity contribution in [2.24, 2.45) is 0 Å². The molecule has 0 spiro atoms. The summed E-state index contributed by atoms with van der Waals surface area (Å²) < 4.78 is 12.9. The fourth-order valence-electron chi connectivity index (χ4n) is 1.000. The lowest BCUT2D eigenvalue weighted by Gasteiger charge is -2.04. The first kappa shape index (κ1) is 10.1. The van der Waals surface area contributed by atoms with Crippen LogP contribution >= 0.6 is 0 Å². The van der Waals surface area contributed by atoms with Crippen LogP contribution in [0.1, 0.15) is 12.0 Å². The topological polar surface area (TPSA) is 35.8 Å². The summed E-state index contributed by atoms with van der Waals surface area (Å²) in [5, 5.41) is 11.6. The second-order valence-electron chi connectivity index (χ2n) is 2.69. The van der Waals surface area contributed by atoms with Gasteiger partial charge in [0.05, 0.1) is 5.56 Å². The van der Waals surface area contributed by atoms with Crippen LogP contribution in [0.4, 0.5) is 10.1 Å². The highest BCUT2D eigenvalue weighted by Gasteiger charge is 2.01. The van der Waals surface area contributed by atoms with Gasteiger partial charge in [0.25, 0.3) is 0 Å². The second kappa shape index (κ2) is 4.89. The van der Waals surface area contributed by atoms with Crippen molar-refractivity contribution in [1.82, 2.24) is 0 Å². The smallest absolute Gasteiger partial charge is 0.141 e. The first-order chi connectivity index (χ1) is 6.77. The number of rotatable bonds is 3. The Morgan fingerprint density at radius 1 is 1.50 bits per heavy atom. The molecule has 0 aliphatic carbocycles. The number of hydrogen-bond donors (Lipinski definition) is 1. The summed E-state index contributed by atoms with van der Waals surface area (Å²) in [6.45, 7) is 0.618. The Labute approximate surface area is 82.4 Å². The van der Waals surface area contributed by atoms with E-state index in [1.807, 2.05) is 0 Å². The minimum atomic E-state index is -0.505. The molecule has 0 saturated heterocycles. The molecule has 0 aliphatic heterocycles. The Balaban J connectivity index is 2.72. The van der Waals surface area contributed by atoms with Crippen molar-refractivity contribution < 1.29 is 4.39 Å². The van der Waals surface area contributed by atoms with Crippen LogP contribution in [0.2, 0.25) is 0 Å². The monoisotopic (exact) mass is 188 g/mol. The number of nitrogens with one attached hydrogen (secondary N) is 1. The van der Waals surface area contributed by atoms with Crippen LogP contribution in [-0.2, 0) is 0 Å². The quantitative estimate of drug-likeness (QED) is 0.582. The lowest BCUT2D eigenvalue weighted by molar-refractivity contribution is 0.624. The van der Waals surface area contributed by atoms with Gasteiger partial charge in [0.2, 0.25) is 0 Å². The summed E-state index contributed by atoms with van der Waals surface area (Å²) >= 11 is 0. The second-order valence-corrected chi connectivity index (χ2v) is 2.69. The molecule has 0 aliphatic rings. The first-order valence-corrected chi connectivity index (χ1v) is 4.15. The van der Waals surface area contributed by atoms with Gasteiger partial charge in [-0.05, 0) is 18.2 Å². The van der Waals surface area contributed by atoms with E-state index in [2.05, 4.69) is 11.2 Å². The highest BCUT2D eigenvalue weighted by Crippen LogP contribution is 2.13. The Morgan fingerprint density at radius 2 is 2.29 bits per heavy atom. The van der Waals surface area contributed by atoms with Gasteiger partial charge in [0, 0.05) is 18.7 Å². The van der Waals surface area contributed by atoms with Gasteiger partial charge < -0.3 is 5.32 Å². The Hall–Kier alpha value is -2.00. The maximum absolute atomic E-state index is 12.9. The highest BCUT2D eigenvalue weighted by atomic mass is 19.1. The van der Waals surface area contributed by atoms with Crippen molar-refractivity contribution in [1.29, 1.82) is 5.26 Å². The molecular formula is C11H9FN2. The first-order valence-electron chi connectivity index (χ1n) is 4.15. The van der Waals surface area contributed by atoms with Gasteiger partial charge in [-0.25, -0.2) is 4.39 Å². The number of nitriles is 1. The van der Waals surface area contributed by atoms with Crippen LogP contribution < -0.4 is 5.32 Å². The molecule has 70 valence electrons. The van der Waals surface area contributed by atoms with Gasteiger partial charge in [0.15, 0.2) is 0 Å². The van der Waals surface area contributed by atoms with Crippen LogP contribution in [0.5, 0.6) is 0 Å². The van der Waals surface area contributed by atoms with E-state index in [1.165, 1.54) is 12.1 Å². The minimum absolute atomic E-state index is 0.0377. The molecule has 0 aromatic heterocycles. The maximum atomic E-state index is 12.9. The van der Waals surface area contributed by atoms with E-state index in [0.717, 1.165) is 0 Å². The molecule has 0 saturated carbocycles. The summed E-state index contributed by atoms with van der Waals surface area (Å²) in [7, 11) is 0. The molecule has 1 rings (SSSR count). The average Bonchev–Trinajstić information content (AvgIpc) is 2.21. The molecule has 0 fully saturated rings. The van der Waals surface area contributed by atoms with Crippen molar-refractivity contribution >= 4 is 5.69 Å². The minimum Gasteiger partial charge on any atom is -0.384 e. The Morgan fingerprint density at radius 3 is 2.93 bits per heavy atom. The number of halogens is 1. The van der Waals surface area contributed by atoms with Crippen molar-refractivity contribution in [2.75, 3.05) is 11.9 Å². The van der Waals surface area contributed by atoms with Crippen LogP contribution in [-0.4, -0.2) is 6.54 Å². The van der Waals surface area contributed by atoms with Gasteiger partial charge in [-0.15, -0.1) is 12.3 Å². The van der Waals surface area contributed by atoms with E-state index in [1.54, 1.807) is 12.1 Å². The molecule has 0 amide bonds. The maximum Gasteiger partial charge on any atom is 0.141 e. The third kappa shape index (κ3) is 2.50. The fourth-order valence-corrected chi connectivity index (χ4v) is 1.000. The SMILES string of the molecule is C#CCCNc1ccc(F)c(C#N)c1. The normalized spacial score (nSPS) is 8.79. The van der Waals surface area contributed by atoms with Crippen molar-refractivity contribution in [3.8, 4) is 18.4 Å². The van der Waals surface area contributed by atoms with E-state index >= 15 is 0 Å². The number of hydrogen-bond acceptors (Lipinski definition) is 2. The molecule has 1 N–H and O–H groups in total. The van der Waals surface area contributed by atoms with Crippen molar-refractivity contribution in [3.63, 3.8) is 0 Å². The number of terminal acetylenes is 1. The summed E-state index contributed by atoms with van der Waals surface area (Å²) in [4.78, 5) is 0. The summed E-state index contributed by atoms with van der Waals surface area (Å²) in [5.41, 5.74) is 0.744. The lowest BCUT2D eigenvalue weighted by atomic mass is 10.2. The molecule has 14 heavy (non-hydrogen) atoms. The molecule has 0 atom stereocenters. The van der Waals surface area contributed by atoms with Crippen LogP contribution in [0.3, 0.4) is 0 Å². The van der Waals surface area contributed by atoms with Gasteiger partial charge in [0.1, 0.15) is 11.9 Å². The molecular weight excluding hydrogens is 179 g/mol. The molecule has 0 heterocycles. The van der Waals surface area contributed by atoms with E-state index in [4.69, 9.17) is 11.7 Å². The van der Waals surface area contributed by atoms with Gasteiger partial charge >= 0.3 is 0 Å². The van der Waals surface area contributed by atoms with Crippen molar-refractivity contribution in [3.05, 3.63) is 29.6 Å². The van der Waals surface area contributed by atoms with E-state index in [9.17, 15) is 4.39 Å². The Bertz CT molecular complexity index is 399. The summed E-state index contributed by atoms with van der Waals surface area (Å²) in [6.07, 6.45) is 5.67. The van der Waals surface area contributed by atoms with Gasteiger partial charge in [-0.3, -0.25) is 0 Å². The number of nitrogens with zero attached hydrogens (tertiary/aromatic N) is 1. The molecule has 1 aromatic carbocycles. The molecule has 0 bridgehead atoms. The highest BCUT2D eigenvalue weighted by molar-refractivity contribution is 5.49. The number of anilines is 1. The third-order valence-electron chi connectivity index (χ3n) is 1.69. The third-order valence-corrected chi connectivity index (χ3v) is 1.69. The van der Waals surface area contributed by atoms with E-state index in [0.29, 0.717) is 18.7 Å².